The monoisotopic (exact) mass is 1790 g/mol. The number of nitrogens with two attached hydrogens (primary N) is 1. The lowest BCUT2D eigenvalue weighted by Gasteiger charge is -2.69. The van der Waals surface area contributed by atoms with Crippen molar-refractivity contribution in [1.82, 2.24) is 58.5 Å². The summed E-state index contributed by atoms with van der Waals surface area (Å²) >= 11 is 0. The molecule has 21 unspecified atom stereocenters. The number of aliphatic hydroxyl groups is 8. The van der Waals surface area contributed by atoms with Gasteiger partial charge in [-0.25, -0.2) is 5.90 Å². The van der Waals surface area contributed by atoms with Crippen LogP contribution < -0.4 is 64.4 Å². The molecule has 4 aliphatic carbocycles. The minimum atomic E-state index is -1.58. The van der Waals surface area contributed by atoms with E-state index in [-0.39, 0.29) is 205 Å². The molecule has 21 N–H and O–H groups in total. The van der Waals surface area contributed by atoms with E-state index in [9.17, 15) is 98.4 Å². The fourth-order valence-electron chi connectivity index (χ4n) is 17.3. The number of hydrogen-bond acceptors (Lipinski definition) is 32. The maximum absolute atomic E-state index is 14.6. The van der Waals surface area contributed by atoms with Crippen molar-refractivity contribution in [2.45, 2.75) is 254 Å². The summed E-state index contributed by atoms with van der Waals surface area (Å²) in [7, 11) is 0. The van der Waals surface area contributed by atoms with Gasteiger partial charge in [0.25, 0.3) is 5.91 Å². The second kappa shape index (κ2) is 50.3. The van der Waals surface area contributed by atoms with Crippen LogP contribution in [0.5, 0.6) is 0 Å². The first-order chi connectivity index (χ1) is 59.4. The van der Waals surface area contributed by atoms with E-state index >= 15 is 0 Å². The minimum absolute atomic E-state index is 0.0777. The van der Waals surface area contributed by atoms with Crippen molar-refractivity contribution in [3.05, 3.63) is 0 Å². The minimum Gasteiger partial charge on any atom is -0.396 e. The number of carbonyl (C=O) groups is 12. The summed E-state index contributed by atoms with van der Waals surface area (Å²) in [5.74, 6) is -3.13. The summed E-state index contributed by atoms with van der Waals surface area (Å²) in [5.41, 5.74) is -6.90. The Morgan fingerprint density at radius 1 is 0.496 bits per heavy atom. The van der Waals surface area contributed by atoms with Gasteiger partial charge in [-0.15, -0.1) is 0 Å². The normalized spacial score (nSPS) is 29.2. The molecule has 3 heterocycles. The van der Waals surface area contributed by atoms with Gasteiger partial charge in [-0.3, -0.25) is 62.4 Å². The van der Waals surface area contributed by atoms with E-state index in [1.54, 1.807) is 13.8 Å². The Morgan fingerprint density at radius 2 is 0.936 bits per heavy atom. The van der Waals surface area contributed by atoms with Gasteiger partial charge in [0.05, 0.1) is 89.3 Å². The number of unbranched alkanes of at least 4 members (excludes halogenated alkanes) is 3. The first-order valence-corrected chi connectivity index (χ1v) is 43.7. The molecule has 7 fully saturated rings. The largest absolute Gasteiger partial charge is 0.396 e. The van der Waals surface area contributed by atoms with E-state index in [1.165, 1.54) is 27.7 Å². The van der Waals surface area contributed by atoms with Crippen LogP contribution in [0.2, 0.25) is 0 Å². The van der Waals surface area contributed by atoms with E-state index in [0.717, 1.165) is 0 Å². The van der Waals surface area contributed by atoms with Crippen LogP contribution >= 0.6 is 0 Å². The van der Waals surface area contributed by atoms with Crippen molar-refractivity contribution in [3.63, 3.8) is 0 Å². The van der Waals surface area contributed by atoms with Gasteiger partial charge in [0.2, 0.25) is 59.1 Å². The number of carbonyl (C=O) groups excluding carboxylic acids is 12. The molecule has 0 aromatic rings. The van der Waals surface area contributed by atoms with Crippen LogP contribution in [0.1, 0.15) is 165 Å². The van der Waals surface area contributed by atoms with E-state index in [0.29, 0.717) is 77.2 Å². The number of amides is 11. The molecule has 4 saturated carbocycles. The summed E-state index contributed by atoms with van der Waals surface area (Å²) < 4.78 is 60.1. The second-order valence-electron chi connectivity index (χ2n) is 35.3. The van der Waals surface area contributed by atoms with E-state index in [2.05, 4.69) is 63.3 Å². The summed E-state index contributed by atoms with van der Waals surface area (Å²) in [6, 6.07) is -1.14. The number of aliphatic hydroxyl groups excluding tert-OH is 8. The quantitative estimate of drug-likeness (QED) is 0.0199. The van der Waals surface area contributed by atoms with Gasteiger partial charge in [0.1, 0.15) is 47.1 Å². The molecule has 0 bridgehead atoms. The molecular weight excluding hydrogens is 1650 g/mol. The van der Waals surface area contributed by atoms with Crippen LogP contribution in [0, 0.1) is 46.3 Å². The molecule has 3 aliphatic heterocycles. The highest BCUT2D eigenvalue weighted by molar-refractivity contribution is 5.93. The first-order valence-electron chi connectivity index (χ1n) is 43.7. The average Bonchev–Trinajstić information content (AvgIpc) is 1.54. The zero-order valence-electron chi connectivity index (χ0n) is 73.4. The topological polar surface area (TPSA) is 627 Å². The molecule has 21 atom stereocenters. The molecule has 7 aliphatic rings. The molecule has 11 amide bonds. The molecule has 0 radical (unpaired) electrons. The van der Waals surface area contributed by atoms with Gasteiger partial charge in [0, 0.05) is 180 Å². The van der Waals surface area contributed by atoms with Crippen LogP contribution in [0.3, 0.4) is 0 Å². The van der Waals surface area contributed by atoms with Crippen molar-refractivity contribution in [3.8, 4) is 0 Å². The Bertz CT molecular complexity index is 3520. The molecule has 0 aromatic carbocycles. The van der Waals surface area contributed by atoms with Crippen LogP contribution in [-0.4, -0.2) is 346 Å². The van der Waals surface area contributed by atoms with Gasteiger partial charge in [0.15, 0.2) is 24.7 Å². The number of hydrogen-bond donors (Lipinski definition) is 20. The highest BCUT2D eigenvalue weighted by atomic mass is 16.7. The van der Waals surface area contributed by atoms with Gasteiger partial charge >= 0.3 is 0 Å². The highest BCUT2D eigenvalue weighted by Crippen LogP contribution is 2.66. The third kappa shape index (κ3) is 29.0. The zero-order valence-corrected chi connectivity index (χ0v) is 73.4. The molecule has 43 heteroatoms. The molecule has 7 rings (SSSR count). The predicted molar refractivity (Wildman–Crippen MR) is 438 cm³/mol. The maximum atomic E-state index is 14.6. The van der Waals surface area contributed by atoms with Gasteiger partial charge in [-0.1, -0.05) is 20.8 Å². The van der Waals surface area contributed by atoms with Gasteiger partial charge in [-0.2, -0.15) is 0 Å². The molecule has 125 heavy (non-hydrogen) atoms. The molecule has 0 spiro atoms. The van der Waals surface area contributed by atoms with Crippen molar-refractivity contribution in [2.75, 3.05) is 145 Å². The maximum Gasteiger partial charge on any atom is 0.252 e. The Kier molecular flexibility index (Phi) is 42.3. The number of nitrogens with one attached hydrogen (secondary N) is 11. The number of ketones is 1. The fourth-order valence-corrected chi connectivity index (χ4v) is 17.3. The van der Waals surface area contributed by atoms with Gasteiger partial charge in [-0.05, 0) is 89.9 Å². The number of Topliss-reactive ketones (excluding diaryl/α,β-unsaturated/α-hetero) is 1. The zero-order chi connectivity index (χ0) is 91.9. The van der Waals surface area contributed by atoms with Gasteiger partial charge < -0.3 is 147 Å². The van der Waals surface area contributed by atoms with Crippen LogP contribution in [0.4, 0.5) is 0 Å². The Hall–Kier alpha value is -6.96. The molecular formula is C82H140N12O31. The Morgan fingerprint density at radius 3 is 1.38 bits per heavy atom. The third-order valence-corrected chi connectivity index (χ3v) is 24.5. The van der Waals surface area contributed by atoms with E-state index in [4.69, 9.17) is 53.3 Å². The third-order valence-electron chi connectivity index (χ3n) is 24.5. The fraction of sp³-hybridized carbons (Fsp3) is 0.854. The lowest BCUT2D eigenvalue weighted by atomic mass is 9.52. The summed E-state index contributed by atoms with van der Waals surface area (Å²) in [5, 5.41) is 114. The number of rotatable bonds is 62. The van der Waals surface area contributed by atoms with Crippen molar-refractivity contribution < 1.29 is 151 Å². The number of fused-ring (bicyclic) bond motifs is 8. The van der Waals surface area contributed by atoms with Crippen LogP contribution in [-0.2, 0) is 110 Å². The lowest BCUT2D eigenvalue weighted by molar-refractivity contribution is -0.406. The van der Waals surface area contributed by atoms with Crippen molar-refractivity contribution in [2.24, 2.45) is 52.2 Å². The second-order valence-corrected chi connectivity index (χ2v) is 35.3. The number of ether oxygens (including phenoxy) is 10. The lowest BCUT2D eigenvalue weighted by Crippen LogP contribution is -2.88. The van der Waals surface area contributed by atoms with Crippen LogP contribution in [0.25, 0.3) is 0 Å². The molecule has 3 saturated heterocycles. The SMILES string of the molecule is CC(=O)NC1C(OCCCCC(=O)NCCCNC(=O)CCOCC(COCCC(=O)NCCCNC(=O)CCCCOC2OC3C4C(CO)C(O)C(=O)C4C23NC(C)=O)(COCCC(=O)NCCCNC(=O)CCCCOC2OC3C4C(CO)C(O)C(O)C4C23NC(C)=O)NC(=O)C(C)(C)OCCC(C)(C)CCNC(=O)CON)OCC(C)(CO)C(O)C1O. The summed E-state index contributed by atoms with van der Waals surface area (Å²) in [4.78, 5) is 159. The summed E-state index contributed by atoms with van der Waals surface area (Å²) in [6.07, 6.45) is -6.20. The molecule has 0 aromatic heterocycles. The predicted octanol–water partition coefficient (Wildman–Crippen LogP) is -5.73. The Labute approximate surface area is 728 Å². The Balaban J connectivity index is 0.873. The molecule has 714 valence electrons. The molecule has 43 nitrogen and oxygen atoms in total. The van der Waals surface area contributed by atoms with E-state index < -0.39 is 179 Å². The van der Waals surface area contributed by atoms with Crippen molar-refractivity contribution in [1.29, 1.82) is 0 Å². The average molecular weight is 1790 g/mol. The smallest absolute Gasteiger partial charge is 0.252 e. The summed E-state index contributed by atoms with van der Waals surface area (Å²) in [6.45, 7) is 11.3. The van der Waals surface area contributed by atoms with Crippen LogP contribution in [0.15, 0.2) is 0 Å². The van der Waals surface area contributed by atoms with E-state index in [1.807, 2.05) is 13.8 Å². The standard InChI is InChI=1S/C82H140N12O31/c1-48(98)91-64-69(112)70(113)79(8,43-97)44-121-73(64)118-33-12-9-18-53(101)84-26-15-29-87-56(104)21-36-115-45-80(94-74(114)78(6,7)122-39-25-77(4,5)24-32-90-59(107)42-123-83,46-116-37-22-57(105)88-30-16-27-85-54(102)19-10-13-34-119-75-81(92-49(2)99)62-60(71(81)124-75)51(40-95)65(108)67(62)110)47-117-38-23-58(106)89-31-17-28-86-55(103)20-11-14-35-120-76-82(93-50(3)100)63-61(72(82)125-76)52(41-96)66(109)68(63)111/h51-52,60-67,69-73,75-76,95-97,108-110,112-113H,9-47,83H2,1-8H3,(H,84,101)(H,85,102)(H,86,103)(H,87,104)(H,88,105)(H,89,106)(H,90,107)(H,91,98)(H,92,99)(H,93,100)(H,94,114). The first kappa shape index (κ1) is 105. The highest BCUT2D eigenvalue weighted by Gasteiger charge is 2.83. The van der Waals surface area contributed by atoms with Crippen molar-refractivity contribution >= 4 is 70.8 Å².